The van der Waals surface area contributed by atoms with Gasteiger partial charge in [0.25, 0.3) is 0 Å². The average Bonchev–Trinajstić information content (AvgIpc) is 2.44. The molecular weight excluding hydrogens is 274 g/mol. The van der Waals surface area contributed by atoms with Crippen LogP contribution in [0, 0.1) is 5.92 Å². The van der Waals surface area contributed by atoms with E-state index in [1.165, 1.54) is 24.3 Å². The van der Waals surface area contributed by atoms with Gasteiger partial charge < -0.3 is 21.5 Å². The van der Waals surface area contributed by atoms with Gasteiger partial charge >= 0.3 is 12.0 Å². The highest BCUT2D eigenvalue weighted by atomic mass is 16.4. The van der Waals surface area contributed by atoms with Crippen molar-refractivity contribution in [3.05, 3.63) is 29.8 Å². The van der Waals surface area contributed by atoms with Gasteiger partial charge in [-0.1, -0.05) is 20.3 Å². The summed E-state index contributed by atoms with van der Waals surface area (Å²) >= 11 is 0. The van der Waals surface area contributed by atoms with Crippen molar-refractivity contribution < 1.29 is 19.5 Å². The van der Waals surface area contributed by atoms with Crippen LogP contribution in [0.2, 0.25) is 0 Å². The Hall–Kier alpha value is -2.57. The molecule has 0 aliphatic carbocycles. The number of primary amides is 1. The van der Waals surface area contributed by atoms with Crippen LogP contribution in [0.25, 0.3) is 0 Å². The number of nitrogens with one attached hydrogen (secondary N) is 2. The molecule has 1 aromatic rings. The van der Waals surface area contributed by atoms with Crippen LogP contribution in [0.5, 0.6) is 0 Å². The summed E-state index contributed by atoms with van der Waals surface area (Å²) in [6, 6.07) is 4.40. The monoisotopic (exact) mass is 293 g/mol. The van der Waals surface area contributed by atoms with Crippen molar-refractivity contribution in [3.8, 4) is 0 Å². The fourth-order valence-electron chi connectivity index (χ4n) is 1.71. The van der Waals surface area contributed by atoms with Gasteiger partial charge in [-0.25, -0.2) is 9.59 Å². The van der Waals surface area contributed by atoms with Crippen molar-refractivity contribution in [2.75, 3.05) is 5.32 Å². The third-order valence-electron chi connectivity index (χ3n) is 3.19. The number of nitrogens with two attached hydrogens (primary N) is 1. The first kappa shape index (κ1) is 16.5. The minimum absolute atomic E-state index is 0.189. The highest BCUT2D eigenvalue weighted by Crippen LogP contribution is 2.11. The number of carboxylic acid groups (broad SMARTS) is 1. The van der Waals surface area contributed by atoms with Crippen LogP contribution in [-0.4, -0.2) is 29.1 Å². The molecule has 0 aliphatic rings. The molecule has 3 amide bonds. The number of anilines is 1. The maximum Gasteiger partial charge on any atom is 0.326 e. The van der Waals surface area contributed by atoms with Crippen molar-refractivity contribution in [2.24, 2.45) is 11.7 Å². The Morgan fingerprint density at radius 1 is 1.24 bits per heavy atom. The number of carbonyl (C=O) groups excluding carboxylic acids is 2. The molecule has 114 valence electrons. The summed E-state index contributed by atoms with van der Waals surface area (Å²) in [5, 5.41) is 14.0. The number of urea groups is 1. The topological polar surface area (TPSA) is 122 Å². The number of hydrogen-bond donors (Lipinski definition) is 4. The van der Waals surface area contributed by atoms with Crippen molar-refractivity contribution in [2.45, 2.75) is 26.3 Å². The van der Waals surface area contributed by atoms with E-state index in [0.717, 1.165) is 0 Å². The standard InChI is InChI=1S/C14H19N3O4/c1-3-8(2)11(13(19)20)17-14(21)16-10-6-4-9(5-7-10)12(15)18/h4-8,11H,3H2,1-2H3,(H2,15,18)(H,19,20)(H2,16,17,21)/t8?,11-/m0/s1. The first-order valence-corrected chi connectivity index (χ1v) is 6.55. The van der Waals surface area contributed by atoms with Crippen LogP contribution in [0.1, 0.15) is 30.6 Å². The number of carboxylic acids is 1. The zero-order chi connectivity index (χ0) is 16.0. The Balaban J connectivity index is 2.67. The Morgan fingerprint density at radius 2 is 1.81 bits per heavy atom. The Bertz CT molecular complexity index is 528. The molecule has 7 heteroatoms. The lowest BCUT2D eigenvalue weighted by molar-refractivity contribution is -0.140. The van der Waals surface area contributed by atoms with Gasteiger partial charge in [-0.15, -0.1) is 0 Å². The highest BCUT2D eigenvalue weighted by molar-refractivity contribution is 5.95. The van der Waals surface area contributed by atoms with Gasteiger partial charge in [0.05, 0.1) is 0 Å². The lowest BCUT2D eigenvalue weighted by atomic mass is 9.99. The van der Waals surface area contributed by atoms with E-state index in [9.17, 15) is 14.4 Å². The van der Waals surface area contributed by atoms with Crippen LogP contribution in [0.3, 0.4) is 0 Å². The Morgan fingerprint density at radius 3 is 2.24 bits per heavy atom. The summed E-state index contributed by atoms with van der Waals surface area (Å²) in [4.78, 5) is 33.8. The van der Waals surface area contributed by atoms with E-state index in [1.54, 1.807) is 6.92 Å². The first-order chi connectivity index (χ1) is 9.85. The van der Waals surface area contributed by atoms with Crippen LogP contribution >= 0.6 is 0 Å². The van der Waals surface area contributed by atoms with Crippen LogP contribution in [-0.2, 0) is 4.79 Å². The minimum Gasteiger partial charge on any atom is -0.480 e. The molecule has 0 fully saturated rings. The van der Waals surface area contributed by atoms with E-state index in [-0.39, 0.29) is 5.92 Å². The van der Waals surface area contributed by atoms with E-state index >= 15 is 0 Å². The van der Waals surface area contributed by atoms with Gasteiger partial charge in [-0.2, -0.15) is 0 Å². The molecule has 1 unspecified atom stereocenters. The van der Waals surface area contributed by atoms with Crippen LogP contribution < -0.4 is 16.4 Å². The summed E-state index contributed by atoms with van der Waals surface area (Å²) in [5.74, 6) is -1.83. The molecule has 2 atom stereocenters. The lowest BCUT2D eigenvalue weighted by Gasteiger charge is -2.20. The Labute approximate surface area is 122 Å². The van der Waals surface area contributed by atoms with Gasteiger partial charge in [-0.05, 0) is 30.2 Å². The minimum atomic E-state index is -1.08. The van der Waals surface area contributed by atoms with Gasteiger partial charge in [-0.3, -0.25) is 4.79 Å². The van der Waals surface area contributed by atoms with Gasteiger partial charge in [0.2, 0.25) is 5.91 Å². The summed E-state index contributed by atoms with van der Waals surface area (Å²) in [6.07, 6.45) is 0.630. The molecule has 0 radical (unpaired) electrons. The third-order valence-corrected chi connectivity index (χ3v) is 3.19. The van der Waals surface area contributed by atoms with Crippen molar-refractivity contribution in [1.82, 2.24) is 5.32 Å². The second kappa shape index (κ2) is 7.28. The second-order valence-corrected chi connectivity index (χ2v) is 4.74. The normalized spacial score (nSPS) is 13.0. The Kier molecular flexibility index (Phi) is 5.71. The number of carbonyl (C=O) groups is 3. The molecule has 0 saturated carbocycles. The SMILES string of the molecule is CCC(C)[C@H](NC(=O)Nc1ccc(C(N)=O)cc1)C(=O)O. The smallest absolute Gasteiger partial charge is 0.326 e. The van der Waals surface area contributed by atoms with Crippen LogP contribution in [0.4, 0.5) is 10.5 Å². The highest BCUT2D eigenvalue weighted by Gasteiger charge is 2.25. The molecule has 21 heavy (non-hydrogen) atoms. The van der Waals surface area contributed by atoms with Crippen molar-refractivity contribution in [3.63, 3.8) is 0 Å². The molecule has 1 aromatic carbocycles. The van der Waals surface area contributed by atoms with Crippen molar-refractivity contribution in [1.29, 1.82) is 0 Å². The van der Waals surface area contributed by atoms with E-state index in [4.69, 9.17) is 10.8 Å². The fourth-order valence-corrected chi connectivity index (χ4v) is 1.71. The number of amides is 3. The van der Waals surface area contributed by atoms with Crippen molar-refractivity contribution >= 4 is 23.6 Å². The summed E-state index contributed by atoms with van der Waals surface area (Å²) < 4.78 is 0. The predicted molar refractivity (Wildman–Crippen MR) is 78.0 cm³/mol. The zero-order valence-electron chi connectivity index (χ0n) is 11.9. The van der Waals surface area contributed by atoms with Crippen LogP contribution in [0.15, 0.2) is 24.3 Å². The van der Waals surface area contributed by atoms with Gasteiger partial charge in [0.15, 0.2) is 0 Å². The summed E-state index contributed by atoms with van der Waals surface area (Å²) in [7, 11) is 0. The van der Waals surface area contributed by atoms with Gasteiger partial charge in [0.1, 0.15) is 6.04 Å². The first-order valence-electron chi connectivity index (χ1n) is 6.55. The zero-order valence-corrected chi connectivity index (χ0v) is 11.9. The molecule has 0 aliphatic heterocycles. The van der Waals surface area contributed by atoms with Gasteiger partial charge in [0, 0.05) is 11.3 Å². The number of benzene rings is 1. The molecular formula is C14H19N3O4. The molecule has 7 nitrogen and oxygen atoms in total. The molecule has 5 N–H and O–H groups in total. The summed E-state index contributed by atoms with van der Waals surface area (Å²) in [5.41, 5.74) is 5.87. The van der Waals surface area contributed by atoms with E-state index < -0.39 is 23.9 Å². The maximum absolute atomic E-state index is 11.8. The molecule has 0 heterocycles. The predicted octanol–water partition coefficient (Wildman–Crippen LogP) is 1.41. The lowest BCUT2D eigenvalue weighted by Crippen LogP contribution is -2.46. The summed E-state index contributed by atoms with van der Waals surface area (Å²) in [6.45, 7) is 3.60. The van der Waals surface area contributed by atoms with E-state index in [1.807, 2.05) is 6.92 Å². The maximum atomic E-state index is 11.8. The molecule has 0 aromatic heterocycles. The fraction of sp³-hybridized carbons (Fsp3) is 0.357. The quantitative estimate of drug-likeness (QED) is 0.633. The largest absolute Gasteiger partial charge is 0.480 e. The molecule has 0 saturated heterocycles. The third kappa shape index (κ3) is 4.79. The molecule has 0 bridgehead atoms. The van der Waals surface area contributed by atoms with E-state index in [2.05, 4.69) is 10.6 Å². The number of rotatable bonds is 6. The molecule has 1 rings (SSSR count). The second-order valence-electron chi connectivity index (χ2n) is 4.74. The molecule has 0 spiro atoms. The number of hydrogen-bond acceptors (Lipinski definition) is 3. The van der Waals surface area contributed by atoms with E-state index in [0.29, 0.717) is 17.7 Å². The number of aliphatic carboxylic acids is 1. The average molecular weight is 293 g/mol.